The van der Waals surface area contributed by atoms with Crippen molar-refractivity contribution in [1.29, 1.82) is 0 Å². The van der Waals surface area contributed by atoms with Gasteiger partial charge in [0.1, 0.15) is 6.54 Å². The summed E-state index contributed by atoms with van der Waals surface area (Å²) in [6, 6.07) is -1.03. The van der Waals surface area contributed by atoms with Crippen molar-refractivity contribution in [2.45, 2.75) is 32.5 Å². The second kappa shape index (κ2) is 7.32. The van der Waals surface area contributed by atoms with Crippen molar-refractivity contribution < 1.29 is 27.5 Å². The van der Waals surface area contributed by atoms with E-state index in [0.717, 1.165) is 7.11 Å². The molecule has 1 atom stereocenters. The standard InChI is InChI=1S/C11H19F3N2O3/c1-7(2)9(15)10(18)16(6-11(12,13)14)5-4-8(17)19-3/h7,9H,4-6,15H2,1-3H3. The monoisotopic (exact) mass is 284 g/mol. The van der Waals surface area contributed by atoms with Gasteiger partial charge in [-0.05, 0) is 5.92 Å². The van der Waals surface area contributed by atoms with Crippen LogP contribution in [0.4, 0.5) is 13.2 Å². The fourth-order valence-electron chi connectivity index (χ4n) is 1.31. The van der Waals surface area contributed by atoms with Crippen LogP contribution in [0.15, 0.2) is 0 Å². The number of hydrogen-bond donors (Lipinski definition) is 1. The van der Waals surface area contributed by atoms with E-state index in [9.17, 15) is 22.8 Å². The molecule has 0 aliphatic heterocycles. The van der Waals surface area contributed by atoms with Gasteiger partial charge in [0.05, 0.1) is 19.6 Å². The van der Waals surface area contributed by atoms with Crippen LogP contribution in [-0.4, -0.2) is 49.2 Å². The summed E-state index contributed by atoms with van der Waals surface area (Å²) in [6.07, 6.45) is -4.84. The van der Waals surface area contributed by atoms with Gasteiger partial charge in [-0.3, -0.25) is 9.59 Å². The van der Waals surface area contributed by atoms with Gasteiger partial charge >= 0.3 is 12.1 Å². The Labute approximate surface area is 109 Å². The summed E-state index contributed by atoms with van der Waals surface area (Å²) in [5.74, 6) is -1.80. The van der Waals surface area contributed by atoms with Crippen LogP contribution in [0.2, 0.25) is 0 Å². The molecule has 5 nitrogen and oxygen atoms in total. The number of nitrogens with zero attached hydrogens (tertiary/aromatic N) is 1. The zero-order valence-corrected chi connectivity index (χ0v) is 11.2. The van der Waals surface area contributed by atoms with Gasteiger partial charge in [-0.2, -0.15) is 13.2 Å². The molecule has 0 aromatic rings. The van der Waals surface area contributed by atoms with Crippen LogP contribution in [0.25, 0.3) is 0 Å². The molecule has 112 valence electrons. The van der Waals surface area contributed by atoms with Gasteiger partial charge in [-0.15, -0.1) is 0 Å². The first-order valence-corrected chi connectivity index (χ1v) is 5.76. The highest BCUT2D eigenvalue weighted by atomic mass is 19.4. The lowest BCUT2D eigenvalue weighted by atomic mass is 10.0. The van der Waals surface area contributed by atoms with Crippen LogP contribution in [0.5, 0.6) is 0 Å². The van der Waals surface area contributed by atoms with Gasteiger partial charge < -0.3 is 15.4 Å². The maximum Gasteiger partial charge on any atom is 0.406 e. The average Bonchev–Trinajstić information content (AvgIpc) is 2.30. The Morgan fingerprint density at radius 3 is 2.21 bits per heavy atom. The molecule has 0 radical (unpaired) electrons. The van der Waals surface area contributed by atoms with Crippen LogP contribution < -0.4 is 5.73 Å². The number of alkyl halides is 3. The molecule has 0 aromatic carbocycles. The summed E-state index contributed by atoms with van der Waals surface area (Å²) >= 11 is 0. The van der Waals surface area contributed by atoms with Crippen molar-refractivity contribution in [3.63, 3.8) is 0 Å². The molecule has 1 amide bonds. The van der Waals surface area contributed by atoms with E-state index in [2.05, 4.69) is 4.74 Å². The topological polar surface area (TPSA) is 72.6 Å². The largest absolute Gasteiger partial charge is 0.469 e. The normalized spacial score (nSPS) is 13.3. The highest BCUT2D eigenvalue weighted by molar-refractivity contribution is 5.82. The third-order valence-corrected chi connectivity index (χ3v) is 2.50. The van der Waals surface area contributed by atoms with E-state index in [0.29, 0.717) is 4.90 Å². The summed E-state index contributed by atoms with van der Waals surface area (Å²) in [4.78, 5) is 23.3. The lowest BCUT2D eigenvalue weighted by molar-refractivity contribution is -0.164. The lowest BCUT2D eigenvalue weighted by Gasteiger charge is -2.27. The molecule has 0 aromatic heterocycles. The van der Waals surface area contributed by atoms with Crippen LogP contribution in [0.1, 0.15) is 20.3 Å². The quantitative estimate of drug-likeness (QED) is 0.736. The number of rotatable bonds is 6. The molecule has 0 heterocycles. The highest BCUT2D eigenvalue weighted by Gasteiger charge is 2.35. The van der Waals surface area contributed by atoms with E-state index in [1.807, 2.05) is 0 Å². The van der Waals surface area contributed by atoms with Crippen molar-refractivity contribution in [2.24, 2.45) is 11.7 Å². The summed E-state index contributed by atoms with van der Waals surface area (Å²) in [5, 5.41) is 0. The molecule has 19 heavy (non-hydrogen) atoms. The first-order valence-electron chi connectivity index (χ1n) is 5.76. The predicted molar refractivity (Wildman–Crippen MR) is 62.1 cm³/mol. The summed E-state index contributed by atoms with van der Waals surface area (Å²) in [5.41, 5.74) is 5.54. The third-order valence-electron chi connectivity index (χ3n) is 2.50. The zero-order valence-electron chi connectivity index (χ0n) is 11.2. The maximum atomic E-state index is 12.4. The predicted octanol–water partition coefficient (Wildman–Crippen LogP) is 0.924. The molecule has 8 heteroatoms. The number of amides is 1. The smallest absolute Gasteiger partial charge is 0.406 e. The fourth-order valence-corrected chi connectivity index (χ4v) is 1.31. The Morgan fingerprint density at radius 1 is 1.32 bits per heavy atom. The van der Waals surface area contributed by atoms with Crippen molar-refractivity contribution in [3.05, 3.63) is 0 Å². The minimum Gasteiger partial charge on any atom is -0.469 e. The molecule has 0 rings (SSSR count). The minimum atomic E-state index is -4.54. The van der Waals surface area contributed by atoms with Crippen molar-refractivity contribution in [3.8, 4) is 0 Å². The van der Waals surface area contributed by atoms with E-state index in [1.165, 1.54) is 0 Å². The average molecular weight is 284 g/mol. The number of halogens is 3. The second-order valence-corrected chi connectivity index (χ2v) is 4.47. The maximum absolute atomic E-state index is 12.4. The van der Waals surface area contributed by atoms with E-state index >= 15 is 0 Å². The number of nitrogens with two attached hydrogens (primary N) is 1. The number of ether oxygens (including phenoxy) is 1. The van der Waals surface area contributed by atoms with Gasteiger partial charge in [-0.25, -0.2) is 0 Å². The third kappa shape index (κ3) is 7.00. The number of carbonyl (C=O) groups is 2. The molecule has 0 saturated carbocycles. The Kier molecular flexibility index (Phi) is 6.82. The molecule has 0 fully saturated rings. The SMILES string of the molecule is COC(=O)CCN(CC(F)(F)F)C(=O)C(N)C(C)C. The fraction of sp³-hybridized carbons (Fsp3) is 0.818. The molecule has 0 aliphatic carbocycles. The van der Waals surface area contributed by atoms with Crippen molar-refractivity contribution in [1.82, 2.24) is 4.90 Å². The van der Waals surface area contributed by atoms with Crippen LogP contribution >= 0.6 is 0 Å². The summed E-state index contributed by atoms with van der Waals surface area (Å²) in [7, 11) is 1.12. The second-order valence-electron chi connectivity index (χ2n) is 4.47. The molecule has 0 aliphatic rings. The van der Waals surface area contributed by atoms with Crippen molar-refractivity contribution in [2.75, 3.05) is 20.2 Å². The summed E-state index contributed by atoms with van der Waals surface area (Å²) < 4.78 is 41.5. The molecule has 0 bridgehead atoms. The van der Waals surface area contributed by atoms with E-state index in [4.69, 9.17) is 5.73 Å². The molecule has 2 N–H and O–H groups in total. The molecular formula is C11H19F3N2O3. The van der Waals surface area contributed by atoms with Gasteiger partial charge in [-0.1, -0.05) is 13.8 Å². The van der Waals surface area contributed by atoms with Gasteiger partial charge in [0, 0.05) is 6.54 Å². The number of methoxy groups -OCH3 is 1. The molecule has 1 unspecified atom stereocenters. The first kappa shape index (κ1) is 17.7. The van der Waals surface area contributed by atoms with Crippen LogP contribution in [0, 0.1) is 5.92 Å². The highest BCUT2D eigenvalue weighted by Crippen LogP contribution is 2.18. The lowest BCUT2D eigenvalue weighted by Crippen LogP contribution is -2.50. The number of esters is 1. The van der Waals surface area contributed by atoms with E-state index < -0.39 is 30.6 Å². The van der Waals surface area contributed by atoms with Gasteiger partial charge in [0.25, 0.3) is 0 Å². The molecule has 0 saturated heterocycles. The number of carbonyl (C=O) groups excluding carboxylic acids is 2. The first-order chi connectivity index (χ1) is 8.58. The van der Waals surface area contributed by atoms with E-state index in [-0.39, 0.29) is 18.9 Å². The Balaban J connectivity index is 4.75. The Bertz CT molecular complexity index is 319. The van der Waals surface area contributed by atoms with Crippen LogP contribution in [0.3, 0.4) is 0 Å². The van der Waals surface area contributed by atoms with Crippen molar-refractivity contribution >= 4 is 11.9 Å². The van der Waals surface area contributed by atoms with E-state index in [1.54, 1.807) is 13.8 Å². The molecular weight excluding hydrogens is 265 g/mol. The zero-order chi connectivity index (χ0) is 15.2. The minimum absolute atomic E-state index is 0.290. The van der Waals surface area contributed by atoms with Gasteiger partial charge in [0.15, 0.2) is 0 Å². The Hall–Kier alpha value is -1.31. The number of hydrogen-bond acceptors (Lipinski definition) is 4. The Morgan fingerprint density at radius 2 is 1.84 bits per heavy atom. The van der Waals surface area contributed by atoms with Gasteiger partial charge in [0.2, 0.25) is 5.91 Å². The summed E-state index contributed by atoms with van der Waals surface area (Å²) in [6.45, 7) is 1.47. The van der Waals surface area contributed by atoms with Crippen LogP contribution in [-0.2, 0) is 14.3 Å². The molecule has 0 spiro atoms.